The molecule has 3 N–H and O–H groups in total. The first-order valence-electron chi connectivity index (χ1n) is 4.34. The third-order valence-electron chi connectivity index (χ3n) is 2.11. The summed E-state index contributed by atoms with van der Waals surface area (Å²) in [5, 5.41) is 11.5. The fraction of sp³-hybridized carbons (Fsp3) is 0.300. The molecule has 1 aromatic carbocycles. The van der Waals surface area contributed by atoms with E-state index < -0.39 is 0 Å². The summed E-state index contributed by atoms with van der Waals surface area (Å²) in [5.74, 6) is 1.21. The van der Waals surface area contributed by atoms with Crippen LogP contribution in [0.4, 0.5) is 0 Å². The van der Waals surface area contributed by atoms with Gasteiger partial charge in [0, 0.05) is 5.56 Å². The molecule has 0 saturated carbocycles. The Morgan fingerprint density at radius 3 is 2.27 bits per heavy atom. The molecule has 82 valence electrons. The fourth-order valence-electron chi connectivity index (χ4n) is 1.31. The first-order valence-corrected chi connectivity index (χ1v) is 4.34. The quantitative estimate of drug-likeness (QED) is 0.339. The zero-order valence-corrected chi connectivity index (χ0v) is 8.94. The highest BCUT2D eigenvalue weighted by atomic mass is 16.5. The summed E-state index contributed by atoms with van der Waals surface area (Å²) in [4.78, 5) is 0. The van der Waals surface area contributed by atoms with E-state index in [0.29, 0.717) is 17.1 Å². The minimum absolute atomic E-state index is 0.0495. The number of nitrogens with two attached hydrogens (primary N) is 1. The summed E-state index contributed by atoms with van der Waals surface area (Å²) in [6.07, 6.45) is 0. The largest absolute Gasteiger partial charge is 0.493 e. The number of rotatable bonds is 3. The van der Waals surface area contributed by atoms with Crippen LogP contribution in [0.2, 0.25) is 0 Å². The van der Waals surface area contributed by atoms with Crippen LogP contribution < -0.4 is 15.2 Å². The van der Waals surface area contributed by atoms with E-state index in [-0.39, 0.29) is 5.84 Å². The van der Waals surface area contributed by atoms with Crippen molar-refractivity contribution in [2.24, 2.45) is 10.9 Å². The van der Waals surface area contributed by atoms with Crippen LogP contribution in [0, 0.1) is 6.92 Å². The van der Waals surface area contributed by atoms with E-state index in [9.17, 15) is 0 Å². The van der Waals surface area contributed by atoms with Crippen molar-refractivity contribution in [1.82, 2.24) is 0 Å². The minimum atomic E-state index is 0.0495. The number of hydrogen-bond acceptors (Lipinski definition) is 4. The first-order chi connectivity index (χ1) is 7.13. The van der Waals surface area contributed by atoms with Gasteiger partial charge in [0.05, 0.1) is 14.2 Å². The summed E-state index contributed by atoms with van der Waals surface area (Å²) in [7, 11) is 3.09. The van der Waals surface area contributed by atoms with Crippen molar-refractivity contribution in [3.05, 3.63) is 23.3 Å². The van der Waals surface area contributed by atoms with Crippen LogP contribution in [-0.2, 0) is 0 Å². The third-order valence-corrected chi connectivity index (χ3v) is 2.11. The molecule has 5 heteroatoms. The molecule has 0 heterocycles. The van der Waals surface area contributed by atoms with Crippen molar-refractivity contribution in [2.45, 2.75) is 6.92 Å². The van der Waals surface area contributed by atoms with Crippen LogP contribution in [0.5, 0.6) is 11.5 Å². The molecule has 0 aliphatic carbocycles. The molecular formula is C10H14N2O3. The van der Waals surface area contributed by atoms with E-state index in [2.05, 4.69) is 5.16 Å². The third kappa shape index (κ3) is 2.12. The Hall–Kier alpha value is -1.91. The summed E-state index contributed by atoms with van der Waals surface area (Å²) < 4.78 is 10.2. The number of ether oxygens (including phenoxy) is 2. The normalized spacial score (nSPS) is 11.3. The van der Waals surface area contributed by atoms with Gasteiger partial charge in [-0.25, -0.2) is 0 Å². The Morgan fingerprint density at radius 2 is 1.80 bits per heavy atom. The van der Waals surface area contributed by atoms with Crippen LogP contribution in [0.15, 0.2) is 17.3 Å². The van der Waals surface area contributed by atoms with Crippen molar-refractivity contribution in [1.29, 1.82) is 0 Å². The monoisotopic (exact) mass is 210 g/mol. The smallest absolute Gasteiger partial charge is 0.170 e. The maximum absolute atomic E-state index is 8.59. The Balaban J connectivity index is 3.32. The van der Waals surface area contributed by atoms with Gasteiger partial charge < -0.3 is 20.4 Å². The van der Waals surface area contributed by atoms with Gasteiger partial charge >= 0.3 is 0 Å². The van der Waals surface area contributed by atoms with Crippen molar-refractivity contribution in [3.63, 3.8) is 0 Å². The Morgan fingerprint density at radius 1 is 1.27 bits per heavy atom. The summed E-state index contributed by atoms with van der Waals surface area (Å²) >= 11 is 0. The van der Waals surface area contributed by atoms with Gasteiger partial charge in [-0.3, -0.25) is 0 Å². The SMILES string of the molecule is COc1cc(C)c(/C(N)=N/O)cc1OC. The predicted molar refractivity (Wildman–Crippen MR) is 56.8 cm³/mol. The molecule has 0 aliphatic rings. The topological polar surface area (TPSA) is 77.1 Å². The molecule has 0 atom stereocenters. The molecule has 1 aromatic rings. The molecule has 0 aliphatic heterocycles. The van der Waals surface area contributed by atoms with Gasteiger partial charge in [0.25, 0.3) is 0 Å². The maximum atomic E-state index is 8.59. The Labute approximate surface area is 88.1 Å². The van der Waals surface area contributed by atoms with E-state index >= 15 is 0 Å². The van der Waals surface area contributed by atoms with Crippen molar-refractivity contribution < 1.29 is 14.7 Å². The minimum Gasteiger partial charge on any atom is -0.493 e. The van der Waals surface area contributed by atoms with Gasteiger partial charge in [0.15, 0.2) is 17.3 Å². The van der Waals surface area contributed by atoms with Crippen LogP contribution in [0.1, 0.15) is 11.1 Å². The highest BCUT2D eigenvalue weighted by Gasteiger charge is 2.10. The second kappa shape index (κ2) is 4.54. The highest BCUT2D eigenvalue weighted by molar-refractivity contribution is 5.99. The predicted octanol–water partition coefficient (Wildman–Crippen LogP) is 1.11. The lowest BCUT2D eigenvalue weighted by atomic mass is 10.1. The molecule has 0 amide bonds. The van der Waals surface area contributed by atoms with Crippen LogP contribution in [-0.4, -0.2) is 25.3 Å². The van der Waals surface area contributed by atoms with Gasteiger partial charge in [-0.05, 0) is 24.6 Å². The maximum Gasteiger partial charge on any atom is 0.170 e. The number of aryl methyl sites for hydroxylation is 1. The lowest BCUT2D eigenvalue weighted by Gasteiger charge is -2.11. The molecule has 0 spiro atoms. The molecular weight excluding hydrogens is 196 g/mol. The molecule has 0 unspecified atom stereocenters. The summed E-state index contributed by atoms with van der Waals surface area (Å²) in [6.45, 7) is 1.84. The molecule has 5 nitrogen and oxygen atoms in total. The van der Waals surface area contributed by atoms with E-state index in [1.54, 1.807) is 19.2 Å². The van der Waals surface area contributed by atoms with Crippen molar-refractivity contribution in [3.8, 4) is 11.5 Å². The zero-order chi connectivity index (χ0) is 11.4. The summed E-state index contributed by atoms with van der Waals surface area (Å²) in [6, 6.07) is 3.44. The molecule has 0 saturated heterocycles. The van der Waals surface area contributed by atoms with Crippen LogP contribution >= 0.6 is 0 Å². The lowest BCUT2D eigenvalue weighted by molar-refractivity contribution is 0.318. The van der Waals surface area contributed by atoms with Gasteiger partial charge in [-0.15, -0.1) is 0 Å². The average molecular weight is 210 g/mol. The van der Waals surface area contributed by atoms with Gasteiger partial charge in [0.1, 0.15) is 0 Å². The molecule has 1 rings (SSSR count). The number of hydrogen-bond donors (Lipinski definition) is 2. The number of benzene rings is 1. The van der Waals surface area contributed by atoms with Gasteiger partial charge in [-0.2, -0.15) is 0 Å². The molecule has 0 bridgehead atoms. The van der Waals surface area contributed by atoms with E-state index in [4.69, 9.17) is 20.4 Å². The first kappa shape index (κ1) is 11.2. The lowest BCUT2D eigenvalue weighted by Crippen LogP contribution is -2.15. The van der Waals surface area contributed by atoms with E-state index in [1.165, 1.54) is 7.11 Å². The Kier molecular flexibility index (Phi) is 3.38. The molecule has 0 aromatic heterocycles. The van der Waals surface area contributed by atoms with Gasteiger partial charge in [0.2, 0.25) is 0 Å². The number of oxime groups is 1. The summed E-state index contributed by atoms with van der Waals surface area (Å²) in [5.41, 5.74) is 6.98. The Bertz CT molecular complexity index is 388. The second-order valence-electron chi connectivity index (χ2n) is 3.01. The molecule has 0 radical (unpaired) electrons. The number of methoxy groups -OCH3 is 2. The van der Waals surface area contributed by atoms with E-state index in [0.717, 1.165) is 5.56 Å². The zero-order valence-electron chi connectivity index (χ0n) is 8.94. The van der Waals surface area contributed by atoms with Crippen molar-refractivity contribution in [2.75, 3.05) is 14.2 Å². The van der Waals surface area contributed by atoms with Gasteiger partial charge in [-0.1, -0.05) is 5.16 Å². The molecule has 0 fully saturated rings. The van der Waals surface area contributed by atoms with Crippen LogP contribution in [0.3, 0.4) is 0 Å². The highest BCUT2D eigenvalue weighted by Crippen LogP contribution is 2.29. The van der Waals surface area contributed by atoms with Crippen LogP contribution in [0.25, 0.3) is 0 Å². The molecule has 15 heavy (non-hydrogen) atoms. The van der Waals surface area contributed by atoms with E-state index in [1.807, 2.05) is 6.92 Å². The average Bonchev–Trinajstić information content (AvgIpc) is 2.27. The number of nitrogens with zero attached hydrogens (tertiary/aromatic N) is 1. The standard InChI is InChI=1S/C10H14N2O3/c1-6-4-8(14-2)9(15-3)5-7(6)10(11)12-13/h4-5,13H,1-3H3,(H2,11,12). The fourth-order valence-corrected chi connectivity index (χ4v) is 1.31. The second-order valence-corrected chi connectivity index (χ2v) is 3.01. The number of amidine groups is 1. The van der Waals surface area contributed by atoms with Crippen molar-refractivity contribution >= 4 is 5.84 Å².